The smallest absolute Gasteiger partial charge is 0.252 e. The van der Waals surface area contributed by atoms with Crippen LogP contribution >= 0.6 is 0 Å². The number of benzene rings is 1. The fraction of sp³-hybridized carbons (Fsp3) is 0.500. The van der Waals surface area contributed by atoms with Crippen LogP contribution in [0.1, 0.15) is 47.8 Å². The van der Waals surface area contributed by atoms with Gasteiger partial charge in [-0.1, -0.05) is 32.0 Å². The number of carbonyl (C=O) groups excluding carboxylic acids is 2. The van der Waals surface area contributed by atoms with Crippen molar-refractivity contribution in [1.29, 1.82) is 0 Å². The summed E-state index contributed by atoms with van der Waals surface area (Å²) in [4.78, 5) is 32.1. The molecule has 1 aromatic heterocycles. The van der Waals surface area contributed by atoms with Crippen molar-refractivity contribution in [3.8, 4) is 0 Å². The number of nitrogens with zero attached hydrogens (tertiary/aromatic N) is 4. The van der Waals surface area contributed by atoms with Gasteiger partial charge in [-0.2, -0.15) is 5.10 Å². The molecular formula is C20H27N5O2. The highest BCUT2D eigenvalue weighted by atomic mass is 16.2. The van der Waals surface area contributed by atoms with Gasteiger partial charge >= 0.3 is 0 Å². The summed E-state index contributed by atoms with van der Waals surface area (Å²) in [5.41, 5.74) is 1.50. The summed E-state index contributed by atoms with van der Waals surface area (Å²) in [6, 6.07) is 6.87. The Labute approximate surface area is 159 Å². The summed E-state index contributed by atoms with van der Waals surface area (Å²) in [6.07, 6.45) is 0.596. The van der Waals surface area contributed by atoms with Crippen LogP contribution in [0.15, 0.2) is 24.3 Å². The van der Waals surface area contributed by atoms with E-state index in [9.17, 15) is 9.59 Å². The van der Waals surface area contributed by atoms with Crippen LogP contribution in [-0.4, -0.2) is 44.1 Å². The Morgan fingerprint density at radius 1 is 1.19 bits per heavy atom. The second-order valence-electron chi connectivity index (χ2n) is 7.53. The zero-order valence-electron chi connectivity index (χ0n) is 16.4. The second-order valence-corrected chi connectivity index (χ2v) is 7.53. The van der Waals surface area contributed by atoms with E-state index in [1.54, 1.807) is 11.0 Å². The van der Waals surface area contributed by atoms with Gasteiger partial charge in [0.2, 0.25) is 5.91 Å². The van der Waals surface area contributed by atoms with Crippen molar-refractivity contribution in [3.63, 3.8) is 0 Å². The highest BCUT2D eigenvalue weighted by molar-refractivity contribution is 5.98. The van der Waals surface area contributed by atoms with Crippen LogP contribution in [0.2, 0.25) is 0 Å². The van der Waals surface area contributed by atoms with Crippen molar-refractivity contribution in [3.05, 3.63) is 47.0 Å². The lowest BCUT2D eigenvalue weighted by atomic mass is 10.0. The Morgan fingerprint density at radius 3 is 2.63 bits per heavy atom. The zero-order chi connectivity index (χ0) is 19.6. The van der Waals surface area contributed by atoms with Gasteiger partial charge in [-0.05, 0) is 37.8 Å². The van der Waals surface area contributed by atoms with Gasteiger partial charge in [0.15, 0.2) is 0 Å². The van der Waals surface area contributed by atoms with Crippen molar-refractivity contribution in [1.82, 2.24) is 25.0 Å². The number of rotatable bonds is 5. The minimum atomic E-state index is -0.548. The molecule has 0 spiro atoms. The molecule has 7 nitrogen and oxygen atoms in total. The van der Waals surface area contributed by atoms with Crippen molar-refractivity contribution < 1.29 is 9.59 Å². The van der Waals surface area contributed by atoms with Crippen molar-refractivity contribution in [2.45, 2.75) is 53.2 Å². The first kappa shape index (κ1) is 19.1. The van der Waals surface area contributed by atoms with E-state index in [1.807, 2.05) is 36.7 Å². The Bertz CT molecular complexity index is 843. The predicted molar refractivity (Wildman–Crippen MR) is 102 cm³/mol. The lowest BCUT2D eigenvalue weighted by molar-refractivity contribution is -0.135. The number of amides is 2. The number of aromatic nitrogens is 3. The first-order valence-corrected chi connectivity index (χ1v) is 9.40. The summed E-state index contributed by atoms with van der Waals surface area (Å²) in [5, 5.41) is 7.29. The molecule has 144 valence electrons. The fourth-order valence-electron chi connectivity index (χ4n) is 3.43. The van der Waals surface area contributed by atoms with Crippen LogP contribution in [0.5, 0.6) is 0 Å². The Hall–Kier alpha value is -2.70. The van der Waals surface area contributed by atoms with E-state index in [0.29, 0.717) is 37.4 Å². The van der Waals surface area contributed by atoms with Crippen molar-refractivity contribution in [2.75, 3.05) is 6.54 Å². The van der Waals surface area contributed by atoms with E-state index < -0.39 is 6.04 Å². The average Bonchev–Trinajstić information content (AvgIpc) is 2.99. The summed E-state index contributed by atoms with van der Waals surface area (Å²) in [6.45, 7) is 9.47. The lowest BCUT2D eigenvalue weighted by Gasteiger charge is -2.31. The van der Waals surface area contributed by atoms with Gasteiger partial charge in [0, 0.05) is 12.1 Å². The zero-order valence-corrected chi connectivity index (χ0v) is 16.4. The Morgan fingerprint density at radius 2 is 1.93 bits per heavy atom. The summed E-state index contributed by atoms with van der Waals surface area (Å²) < 4.78 is 1.85. The van der Waals surface area contributed by atoms with Gasteiger partial charge < -0.3 is 10.2 Å². The van der Waals surface area contributed by atoms with Crippen molar-refractivity contribution >= 4 is 11.8 Å². The minimum absolute atomic E-state index is 0.0578. The first-order chi connectivity index (χ1) is 12.8. The molecule has 0 radical (unpaired) electrons. The number of carbonyl (C=O) groups is 2. The molecular weight excluding hydrogens is 342 g/mol. The van der Waals surface area contributed by atoms with E-state index in [1.165, 1.54) is 0 Å². The fourth-order valence-corrected chi connectivity index (χ4v) is 3.43. The molecule has 0 saturated heterocycles. The predicted octanol–water partition coefficient (Wildman–Crippen LogP) is 2.08. The second kappa shape index (κ2) is 7.90. The molecule has 1 N–H and O–H groups in total. The molecule has 2 amide bonds. The largest absolute Gasteiger partial charge is 0.340 e. The van der Waals surface area contributed by atoms with E-state index in [-0.39, 0.29) is 17.7 Å². The highest BCUT2D eigenvalue weighted by Gasteiger charge is 2.30. The molecule has 0 saturated carbocycles. The SMILES string of the molecule is Cc1nc2n(n1)CCN(C(=O)[C@@H](CC(C)C)NC(=O)c1ccccc1C)C2. The third-order valence-corrected chi connectivity index (χ3v) is 4.78. The molecule has 0 unspecified atom stereocenters. The Kier molecular flexibility index (Phi) is 5.58. The molecule has 1 aliphatic rings. The van der Waals surface area contributed by atoms with Crippen LogP contribution in [0.4, 0.5) is 0 Å². The van der Waals surface area contributed by atoms with Crippen LogP contribution < -0.4 is 5.32 Å². The van der Waals surface area contributed by atoms with E-state index in [2.05, 4.69) is 29.2 Å². The maximum atomic E-state index is 13.2. The molecule has 0 bridgehead atoms. The standard InChI is InChI=1S/C20H27N5O2/c1-13(2)11-17(22-19(26)16-8-6-5-7-14(16)3)20(27)24-9-10-25-18(12-24)21-15(4)23-25/h5-8,13,17H,9-12H2,1-4H3,(H,22,26)/t17-/m1/s1. The summed E-state index contributed by atoms with van der Waals surface area (Å²) >= 11 is 0. The summed E-state index contributed by atoms with van der Waals surface area (Å²) in [7, 11) is 0. The monoisotopic (exact) mass is 369 g/mol. The third-order valence-electron chi connectivity index (χ3n) is 4.78. The molecule has 7 heteroatoms. The molecule has 1 aliphatic heterocycles. The number of hydrogen-bond donors (Lipinski definition) is 1. The van der Waals surface area contributed by atoms with E-state index in [4.69, 9.17) is 0 Å². The van der Waals surface area contributed by atoms with Gasteiger partial charge in [-0.25, -0.2) is 9.67 Å². The van der Waals surface area contributed by atoms with Crippen LogP contribution in [0.3, 0.4) is 0 Å². The molecule has 27 heavy (non-hydrogen) atoms. The van der Waals surface area contributed by atoms with Gasteiger partial charge in [0.05, 0.1) is 13.1 Å². The molecule has 0 aliphatic carbocycles. The van der Waals surface area contributed by atoms with Gasteiger partial charge in [-0.15, -0.1) is 0 Å². The van der Waals surface area contributed by atoms with Crippen molar-refractivity contribution in [2.24, 2.45) is 5.92 Å². The highest BCUT2D eigenvalue weighted by Crippen LogP contribution is 2.16. The van der Waals surface area contributed by atoms with E-state index in [0.717, 1.165) is 11.4 Å². The number of aryl methyl sites for hydroxylation is 2. The minimum Gasteiger partial charge on any atom is -0.340 e. The van der Waals surface area contributed by atoms with Crippen LogP contribution in [-0.2, 0) is 17.9 Å². The lowest BCUT2D eigenvalue weighted by Crippen LogP contribution is -2.51. The van der Waals surface area contributed by atoms with E-state index >= 15 is 0 Å². The first-order valence-electron chi connectivity index (χ1n) is 9.40. The maximum Gasteiger partial charge on any atom is 0.252 e. The average molecular weight is 369 g/mol. The normalized spacial score (nSPS) is 14.8. The van der Waals surface area contributed by atoms with Gasteiger partial charge in [0.25, 0.3) is 5.91 Å². The summed E-state index contributed by atoms with van der Waals surface area (Å²) in [5.74, 6) is 1.53. The third kappa shape index (κ3) is 4.35. The quantitative estimate of drug-likeness (QED) is 0.875. The molecule has 1 aromatic carbocycles. The number of fused-ring (bicyclic) bond motifs is 1. The molecule has 1 atom stereocenters. The molecule has 2 heterocycles. The van der Waals surface area contributed by atoms with Crippen LogP contribution in [0, 0.1) is 19.8 Å². The van der Waals surface area contributed by atoms with Gasteiger partial charge in [-0.3, -0.25) is 9.59 Å². The van der Waals surface area contributed by atoms with Crippen LogP contribution in [0.25, 0.3) is 0 Å². The topological polar surface area (TPSA) is 80.1 Å². The van der Waals surface area contributed by atoms with Gasteiger partial charge in [0.1, 0.15) is 17.7 Å². The molecule has 3 rings (SSSR count). The molecule has 0 fully saturated rings. The number of hydrogen-bond acceptors (Lipinski definition) is 4. The Balaban J connectivity index is 1.75. The molecule has 2 aromatic rings. The maximum absolute atomic E-state index is 13.2. The number of nitrogens with one attached hydrogen (secondary N) is 1.